The topological polar surface area (TPSA) is 25.8 Å². The van der Waals surface area contributed by atoms with Crippen LogP contribution in [0.25, 0.3) is 49.9 Å². The number of hydrogen-bond acceptors (Lipinski definition) is 3. The molecule has 1 aliphatic carbocycles. The Hall–Kier alpha value is -3.56. The molecule has 4 aromatic carbocycles. The number of aromatic nitrogens is 2. The first-order chi connectivity index (χ1) is 15.3. The lowest BCUT2D eigenvalue weighted by Crippen LogP contribution is -1.94. The van der Waals surface area contributed by atoms with Crippen LogP contribution < -0.4 is 0 Å². The molecule has 0 unspecified atom stereocenters. The van der Waals surface area contributed by atoms with E-state index in [0.717, 1.165) is 34.8 Å². The minimum atomic E-state index is 0.792. The summed E-state index contributed by atoms with van der Waals surface area (Å²) in [7, 11) is 0. The average molecular weight is 417 g/mol. The van der Waals surface area contributed by atoms with Gasteiger partial charge in [0.05, 0.1) is 0 Å². The van der Waals surface area contributed by atoms with Gasteiger partial charge in [0.2, 0.25) is 0 Å². The summed E-state index contributed by atoms with van der Waals surface area (Å²) in [6.45, 7) is 0. The minimum Gasteiger partial charge on any atom is -0.215 e. The van der Waals surface area contributed by atoms with Crippen LogP contribution in [0.3, 0.4) is 0 Å². The summed E-state index contributed by atoms with van der Waals surface area (Å²) in [5.41, 5.74) is 7.34. The third-order valence-corrected chi connectivity index (χ3v) is 6.64. The molecule has 0 aliphatic heterocycles. The van der Waals surface area contributed by atoms with Crippen LogP contribution in [0.1, 0.15) is 17.5 Å². The van der Waals surface area contributed by atoms with E-state index in [0.29, 0.717) is 0 Å². The Morgan fingerprint density at radius 2 is 1.55 bits per heavy atom. The van der Waals surface area contributed by atoms with Crippen LogP contribution in [0, 0.1) is 0 Å². The summed E-state index contributed by atoms with van der Waals surface area (Å²) in [6, 6.07) is 30.1. The van der Waals surface area contributed by atoms with Crippen molar-refractivity contribution in [2.75, 3.05) is 0 Å². The molecule has 31 heavy (non-hydrogen) atoms. The molecule has 0 radical (unpaired) electrons. The largest absolute Gasteiger partial charge is 0.215 e. The maximum Gasteiger partial charge on any atom is 0.173 e. The smallest absolute Gasteiger partial charge is 0.173 e. The van der Waals surface area contributed by atoms with Crippen LogP contribution in [-0.2, 0) is 6.42 Å². The molecular formula is C28H20N2S. The van der Waals surface area contributed by atoms with E-state index in [4.69, 9.17) is 4.98 Å². The maximum atomic E-state index is 4.87. The van der Waals surface area contributed by atoms with Crippen LogP contribution in [-0.4, -0.2) is 9.36 Å². The highest BCUT2D eigenvalue weighted by atomic mass is 32.1. The van der Waals surface area contributed by atoms with Crippen molar-refractivity contribution in [1.82, 2.24) is 9.36 Å². The van der Waals surface area contributed by atoms with Gasteiger partial charge in [-0.05, 0) is 75.6 Å². The van der Waals surface area contributed by atoms with Crippen molar-refractivity contribution in [1.29, 1.82) is 0 Å². The van der Waals surface area contributed by atoms with Gasteiger partial charge < -0.3 is 0 Å². The van der Waals surface area contributed by atoms with E-state index in [2.05, 4.69) is 95.4 Å². The van der Waals surface area contributed by atoms with Crippen LogP contribution in [0.4, 0.5) is 0 Å². The van der Waals surface area contributed by atoms with Gasteiger partial charge in [0.25, 0.3) is 0 Å². The molecule has 0 N–H and O–H groups in total. The first-order valence-corrected chi connectivity index (χ1v) is 11.3. The van der Waals surface area contributed by atoms with Crippen LogP contribution in [0.15, 0.2) is 91.0 Å². The van der Waals surface area contributed by atoms with Crippen LogP contribution >= 0.6 is 11.5 Å². The van der Waals surface area contributed by atoms with Crippen molar-refractivity contribution in [3.05, 3.63) is 102 Å². The lowest BCUT2D eigenvalue weighted by atomic mass is 9.93. The Bertz CT molecular complexity index is 1430. The Morgan fingerprint density at radius 1 is 0.677 bits per heavy atom. The quantitative estimate of drug-likeness (QED) is 0.302. The fourth-order valence-corrected chi connectivity index (χ4v) is 4.92. The van der Waals surface area contributed by atoms with E-state index in [-0.39, 0.29) is 0 Å². The van der Waals surface area contributed by atoms with Gasteiger partial charge in [-0.15, -0.1) is 0 Å². The standard InChI is InChI=1S/C28H20N2S/c1-2-7-19(8-3-1)20-11-6-12-25(16-20)28-29-27(30-31-28)24-14-13-23-15-21-9-4-5-10-22(21)17-26(23)18-24/h1-3,5-8,10-18H,4,9H2. The summed E-state index contributed by atoms with van der Waals surface area (Å²) < 4.78 is 4.68. The summed E-state index contributed by atoms with van der Waals surface area (Å²) in [5, 5.41) is 3.47. The lowest BCUT2D eigenvalue weighted by molar-refractivity contribution is 0.989. The van der Waals surface area contributed by atoms with Crippen molar-refractivity contribution in [3.8, 4) is 33.1 Å². The van der Waals surface area contributed by atoms with Gasteiger partial charge in [-0.3, -0.25) is 0 Å². The number of fused-ring (bicyclic) bond motifs is 2. The van der Waals surface area contributed by atoms with Crippen molar-refractivity contribution in [2.24, 2.45) is 0 Å². The number of allylic oxidation sites excluding steroid dienone is 1. The molecule has 5 aromatic rings. The maximum absolute atomic E-state index is 4.87. The molecule has 0 amide bonds. The van der Waals surface area contributed by atoms with Gasteiger partial charge in [0.1, 0.15) is 5.01 Å². The van der Waals surface area contributed by atoms with Crippen molar-refractivity contribution < 1.29 is 0 Å². The number of aryl methyl sites for hydroxylation is 1. The zero-order valence-corrected chi connectivity index (χ0v) is 17.8. The lowest BCUT2D eigenvalue weighted by Gasteiger charge is -2.12. The van der Waals surface area contributed by atoms with E-state index in [1.54, 1.807) is 0 Å². The summed E-state index contributed by atoms with van der Waals surface area (Å²) in [4.78, 5) is 4.87. The van der Waals surface area contributed by atoms with Gasteiger partial charge in [-0.2, -0.15) is 4.37 Å². The van der Waals surface area contributed by atoms with E-state index in [1.807, 2.05) is 6.07 Å². The van der Waals surface area contributed by atoms with E-state index in [1.165, 1.54) is 44.6 Å². The van der Waals surface area contributed by atoms with E-state index >= 15 is 0 Å². The molecule has 0 atom stereocenters. The monoisotopic (exact) mass is 416 g/mol. The molecule has 6 rings (SSSR count). The molecule has 2 nitrogen and oxygen atoms in total. The summed E-state index contributed by atoms with van der Waals surface area (Å²) in [6.07, 6.45) is 6.76. The molecule has 0 fully saturated rings. The highest BCUT2D eigenvalue weighted by Gasteiger charge is 2.12. The molecule has 1 aliphatic rings. The Kier molecular flexibility index (Phi) is 4.47. The second kappa shape index (κ2) is 7.60. The molecule has 1 heterocycles. The van der Waals surface area contributed by atoms with Crippen LogP contribution in [0.5, 0.6) is 0 Å². The van der Waals surface area contributed by atoms with Crippen molar-refractivity contribution in [2.45, 2.75) is 12.8 Å². The van der Waals surface area contributed by atoms with Gasteiger partial charge >= 0.3 is 0 Å². The Balaban J connectivity index is 1.36. The average Bonchev–Trinajstić information content (AvgIpc) is 3.33. The SMILES string of the molecule is C1=Cc2cc3cc(-c4nsc(-c5cccc(-c6ccccc6)c5)n4)ccc3cc2CC1. The van der Waals surface area contributed by atoms with E-state index in [9.17, 15) is 0 Å². The minimum absolute atomic E-state index is 0.792. The normalized spacial score (nSPS) is 12.8. The predicted octanol–water partition coefficient (Wildman–Crippen LogP) is 7.65. The fraction of sp³-hybridized carbons (Fsp3) is 0.0714. The number of hydrogen-bond donors (Lipinski definition) is 0. The fourth-order valence-electron chi connectivity index (χ4n) is 4.24. The highest BCUT2D eigenvalue weighted by molar-refractivity contribution is 7.09. The van der Waals surface area contributed by atoms with Gasteiger partial charge in [0, 0.05) is 11.1 Å². The van der Waals surface area contributed by atoms with Gasteiger partial charge in [0.15, 0.2) is 5.82 Å². The Morgan fingerprint density at radius 3 is 2.48 bits per heavy atom. The second-order valence-corrected chi connectivity index (χ2v) is 8.68. The summed E-state index contributed by atoms with van der Waals surface area (Å²) >= 11 is 1.46. The summed E-state index contributed by atoms with van der Waals surface area (Å²) in [5.74, 6) is 0.792. The highest BCUT2D eigenvalue weighted by Crippen LogP contribution is 2.32. The molecule has 148 valence electrons. The molecule has 3 heteroatoms. The molecule has 0 saturated carbocycles. The predicted molar refractivity (Wildman–Crippen MR) is 131 cm³/mol. The number of benzene rings is 4. The molecule has 0 saturated heterocycles. The molecular weight excluding hydrogens is 396 g/mol. The molecule has 1 aromatic heterocycles. The third-order valence-electron chi connectivity index (χ3n) is 5.88. The van der Waals surface area contributed by atoms with Crippen molar-refractivity contribution in [3.63, 3.8) is 0 Å². The number of nitrogens with zero attached hydrogens (tertiary/aromatic N) is 2. The third kappa shape index (κ3) is 3.47. The van der Waals surface area contributed by atoms with E-state index < -0.39 is 0 Å². The first kappa shape index (κ1) is 18.2. The molecule has 0 spiro atoms. The van der Waals surface area contributed by atoms with Gasteiger partial charge in [-0.25, -0.2) is 4.98 Å². The zero-order chi connectivity index (χ0) is 20.6. The van der Waals surface area contributed by atoms with Gasteiger partial charge in [-0.1, -0.05) is 78.9 Å². The number of rotatable bonds is 3. The molecule has 0 bridgehead atoms. The Labute approximate surface area is 185 Å². The van der Waals surface area contributed by atoms with Crippen LogP contribution in [0.2, 0.25) is 0 Å². The second-order valence-electron chi connectivity index (χ2n) is 7.92. The zero-order valence-electron chi connectivity index (χ0n) is 17.0. The van der Waals surface area contributed by atoms with Crippen molar-refractivity contribution >= 4 is 28.4 Å². The first-order valence-electron chi connectivity index (χ1n) is 10.6.